The fourth-order valence-electron chi connectivity index (χ4n) is 7.47. The van der Waals surface area contributed by atoms with Gasteiger partial charge in [-0.3, -0.25) is 4.79 Å². The van der Waals surface area contributed by atoms with Crippen molar-refractivity contribution >= 4 is 16.7 Å². The minimum Gasteiger partial charge on any atom is -0.426 e. The standard InChI is InChI=1S/C26H32O2/c1-4-7-19-12-16(2)23-20-14-22(24(19)23)26(3,15-20)25(27)28-21-11-10-17-8-5-6-9-18(17)13-21/h5-6,8-11,13,16,19-20,22-24H,4,7,12,14-15H2,1-3H3. The first kappa shape index (κ1) is 18.2. The molecule has 3 fully saturated rings. The number of hydrogen-bond acceptors (Lipinski definition) is 2. The molecule has 3 aliphatic carbocycles. The second-order valence-corrected chi connectivity index (χ2v) is 10.0. The molecule has 0 amide bonds. The fourth-order valence-corrected chi connectivity index (χ4v) is 7.47. The summed E-state index contributed by atoms with van der Waals surface area (Å²) in [5.74, 6) is 5.16. The average molecular weight is 377 g/mol. The Morgan fingerprint density at radius 2 is 1.89 bits per heavy atom. The Hall–Kier alpha value is -1.83. The van der Waals surface area contributed by atoms with E-state index in [2.05, 4.69) is 32.9 Å². The maximum atomic E-state index is 13.4. The topological polar surface area (TPSA) is 26.3 Å². The molecule has 0 aromatic heterocycles. The second-order valence-electron chi connectivity index (χ2n) is 10.0. The molecule has 0 aliphatic heterocycles. The molecule has 0 saturated heterocycles. The molecule has 2 heteroatoms. The molecule has 0 heterocycles. The summed E-state index contributed by atoms with van der Waals surface area (Å²) in [6.45, 7) is 6.96. The third-order valence-electron chi connectivity index (χ3n) is 8.45. The predicted octanol–water partition coefficient (Wildman–Crippen LogP) is 6.48. The van der Waals surface area contributed by atoms with Gasteiger partial charge in [0.25, 0.3) is 0 Å². The summed E-state index contributed by atoms with van der Waals surface area (Å²) in [7, 11) is 0. The van der Waals surface area contributed by atoms with Crippen LogP contribution in [0.2, 0.25) is 0 Å². The number of rotatable bonds is 4. The van der Waals surface area contributed by atoms with Crippen LogP contribution in [0, 0.1) is 40.9 Å². The molecular weight excluding hydrogens is 344 g/mol. The van der Waals surface area contributed by atoms with E-state index in [-0.39, 0.29) is 11.4 Å². The highest BCUT2D eigenvalue weighted by Gasteiger charge is 2.65. The van der Waals surface area contributed by atoms with E-state index in [0.717, 1.165) is 41.4 Å². The van der Waals surface area contributed by atoms with E-state index in [0.29, 0.717) is 11.7 Å². The summed E-state index contributed by atoms with van der Waals surface area (Å²) < 4.78 is 5.99. The van der Waals surface area contributed by atoms with Crippen molar-refractivity contribution in [3.63, 3.8) is 0 Å². The minimum absolute atomic E-state index is 0.00327. The van der Waals surface area contributed by atoms with Crippen LogP contribution in [0.15, 0.2) is 42.5 Å². The van der Waals surface area contributed by atoms with Gasteiger partial charge in [-0.25, -0.2) is 0 Å². The van der Waals surface area contributed by atoms with Gasteiger partial charge in [-0.1, -0.05) is 57.0 Å². The lowest BCUT2D eigenvalue weighted by molar-refractivity contribution is -0.150. The van der Waals surface area contributed by atoms with Crippen LogP contribution in [-0.2, 0) is 4.79 Å². The summed E-state index contributed by atoms with van der Waals surface area (Å²) in [6, 6.07) is 14.2. The van der Waals surface area contributed by atoms with Gasteiger partial charge in [-0.15, -0.1) is 0 Å². The second kappa shape index (κ2) is 6.61. The number of esters is 1. The van der Waals surface area contributed by atoms with Gasteiger partial charge in [-0.2, -0.15) is 0 Å². The first-order valence-electron chi connectivity index (χ1n) is 11.2. The quantitative estimate of drug-likeness (QED) is 0.451. The maximum absolute atomic E-state index is 13.4. The van der Waals surface area contributed by atoms with E-state index in [1.807, 2.05) is 30.3 Å². The van der Waals surface area contributed by atoms with E-state index < -0.39 is 0 Å². The van der Waals surface area contributed by atoms with Gasteiger partial charge >= 0.3 is 5.97 Å². The number of hydrogen-bond donors (Lipinski definition) is 0. The van der Waals surface area contributed by atoms with Crippen LogP contribution in [0.1, 0.15) is 52.9 Å². The Labute approximate surface area is 168 Å². The van der Waals surface area contributed by atoms with E-state index >= 15 is 0 Å². The van der Waals surface area contributed by atoms with Crippen molar-refractivity contribution in [2.45, 2.75) is 52.9 Å². The molecule has 148 valence electrons. The van der Waals surface area contributed by atoms with Crippen LogP contribution in [0.5, 0.6) is 5.75 Å². The molecule has 28 heavy (non-hydrogen) atoms. The van der Waals surface area contributed by atoms with Gasteiger partial charge in [0.15, 0.2) is 0 Å². The SMILES string of the molecule is CCCC1CC(C)C2C3CC(C12)C(C)(C(=O)Oc1ccc2ccccc2c1)C3. The molecule has 2 aromatic rings. The van der Waals surface area contributed by atoms with Crippen LogP contribution >= 0.6 is 0 Å². The molecule has 0 spiro atoms. The Balaban J connectivity index is 1.39. The normalized spacial score (nSPS) is 38.7. The summed E-state index contributed by atoms with van der Waals surface area (Å²) >= 11 is 0. The Bertz CT molecular complexity index is 902. The Morgan fingerprint density at radius 1 is 1.11 bits per heavy atom. The van der Waals surface area contributed by atoms with Crippen LogP contribution in [-0.4, -0.2) is 5.97 Å². The summed E-state index contributed by atoms with van der Waals surface area (Å²) in [4.78, 5) is 13.4. The lowest BCUT2D eigenvalue weighted by atomic mass is 9.63. The zero-order valence-electron chi connectivity index (χ0n) is 17.4. The van der Waals surface area contributed by atoms with Gasteiger partial charge in [-0.05, 0) is 84.6 Å². The van der Waals surface area contributed by atoms with E-state index in [9.17, 15) is 4.79 Å². The van der Waals surface area contributed by atoms with Gasteiger partial charge in [0.2, 0.25) is 0 Å². The average Bonchev–Trinajstić information content (AvgIpc) is 3.33. The summed E-state index contributed by atoms with van der Waals surface area (Å²) in [5, 5.41) is 2.30. The van der Waals surface area contributed by atoms with Crippen molar-refractivity contribution in [1.29, 1.82) is 0 Å². The van der Waals surface area contributed by atoms with Crippen molar-refractivity contribution in [2.75, 3.05) is 0 Å². The number of ether oxygens (including phenoxy) is 1. The van der Waals surface area contributed by atoms with Crippen molar-refractivity contribution in [2.24, 2.45) is 40.9 Å². The van der Waals surface area contributed by atoms with Gasteiger partial charge in [0.1, 0.15) is 5.75 Å². The molecule has 3 saturated carbocycles. The molecule has 7 unspecified atom stereocenters. The molecule has 5 rings (SSSR count). The number of carbonyl (C=O) groups is 1. The van der Waals surface area contributed by atoms with E-state index in [4.69, 9.17) is 4.74 Å². The molecule has 2 bridgehead atoms. The smallest absolute Gasteiger partial charge is 0.317 e. The van der Waals surface area contributed by atoms with Crippen molar-refractivity contribution in [3.05, 3.63) is 42.5 Å². The van der Waals surface area contributed by atoms with E-state index in [1.165, 1.54) is 31.1 Å². The third kappa shape index (κ3) is 2.64. The minimum atomic E-state index is -0.312. The Morgan fingerprint density at radius 3 is 2.68 bits per heavy atom. The monoisotopic (exact) mass is 376 g/mol. The highest BCUT2D eigenvalue weighted by Crippen LogP contribution is 2.69. The first-order chi connectivity index (χ1) is 13.5. The third-order valence-corrected chi connectivity index (χ3v) is 8.45. The highest BCUT2D eigenvalue weighted by molar-refractivity contribution is 5.85. The predicted molar refractivity (Wildman–Crippen MR) is 113 cm³/mol. The van der Waals surface area contributed by atoms with Gasteiger partial charge in [0, 0.05) is 0 Å². The fraction of sp³-hybridized carbons (Fsp3) is 0.577. The Kier molecular flexibility index (Phi) is 4.30. The molecule has 2 aromatic carbocycles. The molecule has 3 aliphatic rings. The van der Waals surface area contributed by atoms with Gasteiger partial charge < -0.3 is 4.74 Å². The summed E-state index contributed by atoms with van der Waals surface area (Å²) in [5.41, 5.74) is -0.312. The molecule has 0 radical (unpaired) electrons. The molecule has 7 atom stereocenters. The number of benzene rings is 2. The molecule has 0 N–H and O–H groups in total. The van der Waals surface area contributed by atoms with Crippen molar-refractivity contribution < 1.29 is 9.53 Å². The van der Waals surface area contributed by atoms with Crippen LogP contribution in [0.4, 0.5) is 0 Å². The largest absolute Gasteiger partial charge is 0.426 e. The number of fused-ring (bicyclic) bond motifs is 6. The number of carbonyl (C=O) groups excluding carboxylic acids is 1. The zero-order valence-corrected chi connectivity index (χ0v) is 17.4. The van der Waals surface area contributed by atoms with Crippen LogP contribution in [0.25, 0.3) is 10.8 Å². The lowest BCUT2D eigenvalue weighted by Gasteiger charge is -2.41. The highest BCUT2D eigenvalue weighted by atomic mass is 16.5. The molecule has 2 nitrogen and oxygen atoms in total. The van der Waals surface area contributed by atoms with Crippen LogP contribution in [0.3, 0.4) is 0 Å². The zero-order chi connectivity index (χ0) is 19.5. The molecular formula is C26H32O2. The van der Waals surface area contributed by atoms with Crippen LogP contribution < -0.4 is 4.74 Å². The van der Waals surface area contributed by atoms with E-state index in [1.54, 1.807) is 0 Å². The maximum Gasteiger partial charge on any atom is 0.317 e. The van der Waals surface area contributed by atoms with Crippen molar-refractivity contribution in [3.8, 4) is 5.75 Å². The summed E-state index contributed by atoms with van der Waals surface area (Å²) in [6.07, 6.45) is 6.21. The lowest BCUT2D eigenvalue weighted by Crippen LogP contribution is -2.43. The van der Waals surface area contributed by atoms with Gasteiger partial charge in [0.05, 0.1) is 5.41 Å². The first-order valence-corrected chi connectivity index (χ1v) is 11.2. The van der Waals surface area contributed by atoms with Crippen molar-refractivity contribution in [1.82, 2.24) is 0 Å².